The van der Waals surface area contributed by atoms with Crippen LogP contribution in [0.5, 0.6) is 5.75 Å². The minimum absolute atomic E-state index is 0.0260. The van der Waals surface area contributed by atoms with Crippen molar-refractivity contribution in [3.05, 3.63) is 52.5 Å². The highest BCUT2D eigenvalue weighted by Crippen LogP contribution is 2.45. The fourth-order valence-corrected chi connectivity index (χ4v) is 5.09. The van der Waals surface area contributed by atoms with Crippen molar-refractivity contribution in [1.29, 1.82) is 0 Å². The summed E-state index contributed by atoms with van der Waals surface area (Å²) in [6, 6.07) is 15.6. The van der Waals surface area contributed by atoms with Crippen LogP contribution >= 0.6 is 15.9 Å². The molecule has 0 spiro atoms. The molecule has 25 heavy (non-hydrogen) atoms. The van der Waals surface area contributed by atoms with E-state index in [1.165, 1.54) is 37.9 Å². The van der Waals surface area contributed by atoms with Gasteiger partial charge >= 0.3 is 0 Å². The molecule has 1 nitrogen and oxygen atoms in total. The number of hydrogen-bond acceptors (Lipinski definition) is 1. The second-order valence-electron chi connectivity index (χ2n) is 8.14. The monoisotopic (exact) mass is 410 g/mol. The molecular weight excluding hydrogens is 388 g/mol. The molecule has 0 saturated carbocycles. The maximum Gasteiger partial charge on any atom is 0.229 e. The van der Waals surface area contributed by atoms with E-state index in [1.54, 1.807) is 0 Å². The van der Waals surface area contributed by atoms with Crippen LogP contribution in [-0.4, -0.2) is 9.04 Å². The van der Waals surface area contributed by atoms with Gasteiger partial charge in [0.2, 0.25) is 9.04 Å². The molecule has 128 valence electrons. The molecule has 0 unspecified atom stereocenters. The van der Waals surface area contributed by atoms with Gasteiger partial charge in [0.1, 0.15) is 5.75 Å². The molecule has 0 N–H and O–H groups in total. The Hall–Kier alpha value is -1.58. The first-order valence-corrected chi connectivity index (χ1v) is 12.4. The zero-order valence-electron chi connectivity index (χ0n) is 15.4. The predicted octanol–water partition coefficient (Wildman–Crippen LogP) is 7.01. The molecule has 0 heterocycles. The van der Waals surface area contributed by atoms with Gasteiger partial charge < -0.3 is 4.43 Å². The first kappa shape index (κ1) is 16.9. The van der Waals surface area contributed by atoms with E-state index < -0.39 is 9.04 Å². The molecular formula is C22H23BrOSi. The molecule has 0 amide bonds. The van der Waals surface area contributed by atoms with Crippen molar-refractivity contribution >= 4 is 57.3 Å². The van der Waals surface area contributed by atoms with Gasteiger partial charge in [-0.2, -0.15) is 0 Å². The Morgan fingerprint density at radius 2 is 1.44 bits per heavy atom. The quantitative estimate of drug-likeness (QED) is 0.255. The van der Waals surface area contributed by atoms with Crippen LogP contribution in [0.3, 0.4) is 0 Å². The van der Waals surface area contributed by atoms with Gasteiger partial charge in [0, 0.05) is 10.0 Å². The lowest BCUT2D eigenvalue weighted by Gasteiger charge is -2.28. The van der Waals surface area contributed by atoms with Crippen LogP contribution in [0.25, 0.3) is 32.3 Å². The summed E-state index contributed by atoms with van der Waals surface area (Å²) in [5, 5.41) is 7.88. The van der Waals surface area contributed by atoms with Gasteiger partial charge in [-0.3, -0.25) is 0 Å². The van der Waals surface area contributed by atoms with Gasteiger partial charge in [0.15, 0.2) is 0 Å². The summed E-state index contributed by atoms with van der Waals surface area (Å²) in [5.74, 6) is 1.07. The number of halogens is 1. The maximum absolute atomic E-state index is 6.37. The van der Waals surface area contributed by atoms with E-state index in [2.05, 4.69) is 92.3 Å². The van der Waals surface area contributed by atoms with E-state index in [0.717, 1.165) is 10.2 Å². The minimum Gasteiger partial charge on any atom is -0.547 e. The second kappa shape index (κ2) is 5.71. The van der Waals surface area contributed by atoms with Gasteiger partial charge in [-0.25, -0.2) is 0 Å². The van der Waals surface area contributed by atoms with Crippen molar-refractivity contribution in [1.82, 2.24) is 0 Å². The van der Waals surface area contributed by atoms with Gasteiger partial charge in [-0.15, -0.1) is 0 Å². The van der Waals surface area contributed by atoms with Crippen LogP contribution in [0, 0.1) is 0 Å². The van der Waals surface area contributed by atoms with Crippen LogP contribution in [0.15, 0.2) is 46.9 Å². The molecule has 0 aromatic heterocycles. The van der Waals surface area contributed by atoms with Crippen LogP contribution in [-0.2, 0) is 5.41 Å². The summed E-state index contributed by atoms with van der Waals surface area (Å²) < 4.78 is 7.53. The van der Waals surface area contributed by atoms with Gasteiger partial charge in [0.05, 0.1) is 0 Å². The Morgan fingerprint density at radius 3 is 2.12 bits per heavy atom. The molecule has 0 radical (unpaired) electrons. The highest BCUT2D eigenvalue weighted by molar-refractivity contribution is 9.10. The average molecular weight is 411 g/mol. The molecule has 0 fully saturated rings. The number of hydrogen-bond donors (Lipinski definition) is 0. The second-order valence-corrected chi connectivity index (χ2v) is 11.3. The highest BCUT2D eigenvalue weighted by Gasteiger charge is 2.25. The van der Waals surface area contributed by atoms with Gasteiger partial charge in [-0.05, 0) is 63.0 Å². The van der Waals surface area contributed by atoms with Crippen LogP contribution in [0.2, 0.25) is 13.1 Å². The van der Waals surface area contributed by atoms with E-state index in [-0.39, 0.29) is 5.41 Å². The molecule has 0 atom stereocenters. The summed E-state index contributed by atoms with van der Waals surface area (Å²) >= 11 is 3.73. The zero-order chi connectivity index (χ0) is 17.9. The van der Waals surface area contributed by atoms with Gasteiger partial charge in [0.25, 0.3) is 0 Å². The summed E-state index contributed by atoms with van der Waals surface area (Å²) in [5.41, 5.74) is 1.36. The van der Waals surface area contributed by atoms with Crippen LogP contribution in [0.1, 0.15) is 26.3 Å². The number of benzene rings is 4. The first-order valence-electron chi connectivity index (χ1n) is 8.84. The van der Waals surface area contributed by atoms with E-state index in [0.29, 0.717) is 0 Å². The van der Waals surface area contributed by atoms with Crippen LogP contribution < -0.4 is 4.43 Å². The molecule has 0 aliphatic heterocycles. The first-order chi connectivity index (χ1) is 11.8. The molecule has 3 heteroatoms. The third-order valence-electron chi connectivity index (χ3n) is 4.81. The number of rotatable bonds is 2. The molecule has 4 aromatic carbocycles. The summed E-state index contributed by atoms with van der Waals surface area (Å²) in [6.45, 7) is 11.3. The fraction of sp³-hybridized carbons (Fsp3) is 0.273. The van der Waals surface area contributed by atoms with E-state index in [1.807, 2.05) is 0 Å². The minimum atomic E-state index is -1.18. The zero-order valence-corrected chi connectivity index (χ0v) is 18.1. The van der Waals surface area contributed by atoms with Crippen molar-refractivity contribution in [3.8, 4) is 5.75 Å². The third kappa shape index (κ3) is 2.65. The Morgan fingerprint density at radius 1 is 0.840 bits per heavy atom. The van der Waals surface area contributed by atoms with Crippen molar-refractivity contribution in [2.45, 2.75) is 39.3 Å². The molecule has 0 aliphatic rings. The van der Waals surface area contributed by atoms with E-state index in [4.69, 9.17) is 4.43 Å². The Bertz CT molecular complexity index is 1090. The normalized spacial score (nSPS) is 12.8. The smallest absolute Gasteiger partial charge is 0.229 e. The van der Waals surface area contributed by atoms with Crippen molar-refractivity contribution in [3.63, 3.8) is 0 Å². The van der Waals surface area contributed by atoms with Crippen molar-refractivity contribution in [2.75, 3.05) is 0 Å². The van der Waals surface area contributed by atoms with E-state index >= 15 is 0 Å². The fourth-order valence-electron chi connectivity index (χ4n) is 3.93. The Balaban J connectivity index is 2.24. The predicted molar refractivity (Wildman–Crippen MR) is 116 cm³/mol. The standard InChI is InChI=1S/C22H23BrOSi/c1-22(2,3)21-16-10-6-13-8-11-17(23)15-9-7-14(20(16)19(13)15)12-18(21)24-25(4)5/h6-12,25H,1-5H3. The SMILES string of the molecule is C[SiH](C)Oc1cc2ccc3c(Br)ccc4ccc(c1C(C)(C)C)c2c43. The lowest BCUT2D eigenvalue weighted by Crippen LogP contribution is -2.18. The molecule has 0 saturated heterocycles. The van der Waals surface area contributed by atoms with E-state index in [9.17, 15) is 0 Å². The Kier molecular flexibility index (Phi) is 3.85. The van der Waals surface area contributed by atoms with Gasteiger partial charge in [-0.1, -0.05) is 67.0 Å². The highest BCUT2D eigenvalue weighted by atomic mass is 79.9. The average Bonchev–Trinajstić information content (AvgIpc) is 2.52. The summed E-state index contributed by atoms with van der Waals surface area (Å²) in [4.78, 5) is 0. The topological polar surface area (TPSA) is 9.23 Å². The molecule has 0 bridgehead atoms. The lowest BCUT2D eigenvalue weighted by molar-refractivity contribution is 0.525. The molecule has 0 aliphatic carbocycles. The van der Waals surface area contributed by atoms with Crippen molar-refractivity contribution in [2.24, 2.45) is 0 Å². The summed E-state index contributed by atoms with van der Waals surface area (Å²) in [7, 11) is -1.18. The third-order valence-corrected chi connectivity index (χ3v) is 6.22. The lowest BCUT2D eigenvalue weighted by atomic mass is 9.80. The van der Waals surface area contributed by atoms with Crippen LogP contribution in [0.4, 0.5) is 0 Å². The maximum atomic E-state index is 6.37. The molecule has 4 rings (SSSR count). The summed E-state index contributed by atoms with van der Waals surface area (Å²) in [6.07, 6.45) is 0. The molecule has 4 aromatic rings. The van der Waals surface area contributed by atoms with Crippen molar-refractivity contribution < 1.29 is 4.43 Å². The largest absolute Gasteiger partial charge is 0.547 e. The Labute approximate surface area is 159 Å².